The van der Waals surface area contributed by atoms with Crippen LogP contribution in [0.5, 0.6) is 0 Å². The Morgan fingerprint density at radius 3 is 2.59 bits per heavy atom. The summed E-state index contributed by atoms with van der Waals surface area (Å²) < 4.78 is 0. The Labute approximate surface area is 102 Å². The van der Waals surface area contributed by atoms with E-state index >= 15 is 0 Å². The summed E-state index contributed by atoms with van der Waals surface area (Å²) in [6, 6.07) is 7.46. The lowest BCUT2D eigenvalue weighted by Gasteiger charge is -2.19. The summed E-state index contributed by atoms with van der Waals surface area (Å²) in [5.41, 5.74) is 4.44. The van der Waals surface area contributed by atoms with Crippen LogP contribution in [-0.2, 0) is 22.6 Å². The molecule has 2 N–H and O–H groups in total. The van der Waals surface area contributed by atoms with Gasteiger partial charge in [-0.15, -0.1) is 0 Å². The number of hydrogen-bond acceptors (Lipinski definition) is 3. The van der Waals surface area contributed by atoms with E-state index in [0.717, 1.165) is 11.1 Å². The fourth-order valence-corrected chi connectivity index (χ4v) is 1.36. The normalized spacial score (nSPS) is 11.5. The van der Waals surface area contributed by atoms with Gasteiger partial charge in [-0.1, -0.05) is 24.3 Å². The van der Waals surface area contributed by atoms with Crippen molar-refractivity contribution in [3.63, 3.8) is 0 Å². The van der Waals surface area contributed by atoms with Gasteiger partial charge in [0.05, 0.1) is 12.0 Å². The summed E-state index contributed by atoms with van der Waals surface area (Å²) >= 11 is 0. The first kappa shape index (κ1) is 13.7. The van der Waals surface area contributed by atoms with Crippen LogP contribution in [0.3, 0.4) is 0 Å². The van der Waals surface area contributed by atoms with Crippen LogP contribution in [0.2, 0.25) is 0 Å². The van der Waals surface area contributed by atoms with Crippen LogP contribution < -0.4 is 5.48 Å². The van der Waals surface area contributed by atoms with Crippen LogP contribution in [0.1, 0.15) is 31.9 Å². The minimum Gasteiger partial charge on any atom is -0.481 e. The lowest BCUT2D eigenvalue weighted by molar-refractivity contribution is -0.136. The van der Waals surface area contributed by atoms with Gasteiger partial charge in [-0.25, -0.2) is 0 Å². The molecule has 0 bridgehead atoms. The predicted molar refractivity (Wildman–Crippen MR) is 65.5 cm³/mol. The maximum Gasteiger partial charge on any atom is 0.307 e. The number of carboxylic acid groups (broad SMARTS) is 1. The highest BCUT2D eigenvalue weighted by Crippen LogP contribution is 2.08. The molecule has 1 aromatic carbocycles. The van der Waals surface area contributed by atoms with Crippen molar-refractivity contribution in [3.8, 4) is 0 Å². The zero-order valence-corrected chi connectivity index (χ0v) is 10.5. The van der Waals surface area contributed by atoms with Crippen LogP contribution in [-0.4, -0.2) is 16.7 Å². The highest BCUT2D eigenvalue weighted by Gasteiger charge is 2.09. The molecular weight excluding hydrogens is 218 g/mol. The molecule has 0 atom stereocenters. The SMILES string of the molecule is CC(C)(C)ONCc1cccc(CC(=O)O)c1. The van der Waals surface area contributed by atoms with Crippen molar-refractivity contribution in [2.45, 2.75) is 39.3 Å². The molecule has 0 saturated carbocycles. The average molecular weight is 237 g/mol. The quantitative estimate of drug-likeness (QED) is 0.770. The van der Waals surface area contributed by atoms with Gasteiger partial charge in [0.2, 0.25) is 0 Å². The third-order valence-corrected chi connectivity index (χ3v) is 2.00. The predicted octanol–water partition coefficient (Wildman–Crippen LogP) is 2.13. The molecule has 0 spiro atoms. The first-order valence-electron chi connectivity index (χ1n) is 5.57. The number of nitrogens with one attached hydrogen (secondary N) is 1. The lowest BCUT2D eigenvalue weighted by Crippen LogP contribution is -2.28. The van der Waals surface area contributed by atoms with Crippen molar-refractivity contribution in [3.05, 3.63) is 35.4 Å². The van der Waals surface area contributed by atoms with Gasteiger partial charge >= 0.3 is 5.97 Å². The molecule has 0 radical (unpaired) electrons. The molecule has 0 fully saturated rings. The van der Waals surface area contributed by atoms with Crippen molar-refractivity contribution < 1.29 is 14.7 Å². The van der Waals surface area contributed by atoms with Crippen LogP contribution in [0.4, 0.5) is 0 Å². The Hall–Kier alpha value is -1.39. The molecule has 0 saturated heterocycles. The topological polar surface area (TPSA) is 58.6 Å². The number of carboxylic acids is 1. The van der Waals surface area contributed by atoms with Gasteiger partial charge in [0.15, 0.2) is 0 Å². The first-order valence-corrected chi connectivity index (χ1v) is 5.57. The number of benzene rings is 1. The molecule has 0 aliphatic carbocycles. The Morgan fingerprint density at radius 2 is 2.00 bits per heavy atom. The number of hydrogen-bond donors (Lipinski definition) is 2. The summed E-state index contributed by atoms with van der Waals surface area (Å²) in [6.45, 7) is 6.44. The minimum atomic E-state index is -0.818. The number of carbonyl (C=O) groups is 1. The molecular formula is C13H19NO3. The highest BCUT2D eigenvalue weighted by molar-refractivity contribution is 5.70. The summed E-state index contributed by atoms with van der Waals surface area (Å²) in [5.74, 6) is -0.818. The zero-order valence-electron chi connectivity index (χ0n) is 10.5. The van der Waals surface area contributed by atoms with Crippen LogP contribution in [0, 0.1) is 0 Å². The first-order chi connectivity index (χ1) is 7.87. The van der Waals surface area contributed by atoms with E-state index in [9.17, 15) is 4.79 Å². The van der Waals surface area contributed by atoms with Gasteiger partial charge in [0, 0.05) is 6.54 Å². The molecule has 0 aliphatic heterocycles. The molecule has 4 nitrogen and oxygen atoms in total. The van der Waals surface area contributed by atoms with Crippen LogP contribution in [0.15, 0.2) is 24.3 Å². The maximum atomic E-state index is 10.6. The second-order valence-corrected chi connectivity index (χ2v) is 4.93. The summed E-state index contributed by atoms with van der Waals surface area (Å²) in [6.07, 6.45) is 0.0496. The third-order valence-electron chi connectivity index (χ3n) is 2.00. The van der Waals surface area contributed by atoms with Gasteiger partial charge in [0.1, 0.15) is 0 Å². The van der Waals surface area contributed by atoms with E-state index in [1.807, 2.05) is 45.0 Å². The second kappa shape index (κ2) is 5.80. The average Bonchev–Trinajstić information content (AvgIpc) is 2.15. The Morgan fingerprint density at radius 1 is 1.35 bits per heavy atom. The van der Waals surface area contributed by atoms with Gasteiger partial charge in [-0.2, -0.15) is 5.48 Å². The van der Waals surface area contributed by atoms with E-state index in [1.165, 1.54) is 0 Å². The van der Waals surface area contributed by atoms with Crippen molar-refractivity contribution in [2.75, 3.05) is 0 Å². The number of rotatable bonds is 5. The fourth-order valence-electron chi connectivity index (χ4n) is 1.36. The largest absolute Gasteiger partial charge is 0.481 e. The molecule has 94 valence electrons. The van der Waals surface area contributed by atoms with E-state index in [1.54, 1.807) is 0 Å². The van der Waals surface area contributed by atoms with Crippen molar-refractivity contribution in [2.24, 2.45) is 0 Å². The summed E-state index contributed by atoms with van der Waals surface area (Å²) in [4.78, 5) is 16.0. The number of hydroxylamine groups is 1. The molecule has 0 heterocycles. The van der Waals surface area contributed by atoms with Crippen LogP contribution >= 0.6 is 0 Å². The summed E-state index contributed by atoms with van der Waals surface area (Å²) in [5, 5.41) is 8.70. The van der Waals surface area contributed by atoms with Gasteiger partial charge in [-0.3, -0.25) is 9.63 Å². The van der Waals surface area contributed by atoms with E-state index in [2.05, 4.69) is 5.48 Å². The molecule has 0 amide bonds. The molecule has 4 heteroatoms. The maximum absolute atomic E-state index is 10.6. The molecule has 17 heavy (non-hydrogen) atoms. The minimum absolute atomic E-state index is 0.0496. The molecule has 1 rings (SSSR count). The van der Waals surface area contributed by atoms with E-state index < -0.39 is 5.97 Å². The zero-order chi connectivity index (χ0) is 12.9. The Bertz CT molecular complexity index is 382. The van der Waals surface area contributed by atoms with Crippen LogP contribution in [0.25, 0.3) is 0 Å². The van der Waals surface area contributed by atoms with Crippen molar-refractivity contribution in [1.29, 1.82) is 0 Å². The van der Waals surface area contributed by atoms with Crippen molar-refractivity contribution >= 4 is 5.97 Å². The third kappa shape index (κ3) is 6.04. The number of aliphatic carboxylic acids is 1. The Balaban J connectivity index is 2.51. The molecule has 0 aliphatic rings. The highest BCUT2D eigenvalue weighted by atomic mass is 16.7. The Kier molecular flexibility index (Phi) is 4.66. The monoisotopic (exact) mass is 237 g/mol. The fraction of sp³-hybridized carbons (Fsp3) is 0.462. The standard InChI is InChI=1S/C13H19NO3/c1-13(2,3)17-14-9-11-6-4-5-10(7-11)8-12(15)16/h4-7,14H,8-9H2,1-3H3,(H,15,16). The second-order valence-electron chi connectivity index (χ2n) is 4.93. The lowest BCUT2D eigenvalue weighted by atomic mass is 10.1. The van der Waals surface area contributed by atoms with Gasteiger partial charge in [0.25, 0.3) is 0 Å². The van der Waals surface area contributed by atoms with E-state index in [4.69, 9.17) is 9.94 Å². The summed E-state index contributed by atoms with van der Waals surface area (Å²) in [7, 11) is 0. The smallest absolute Gasteiger partial charge is 0.307 e. The van der Waals surface area contributed by atoms with Gasteiger partial charge in [-0.05, 0) is 31.9 Å². The van der Waals surface area contributed by atoms with E-state index in [-0.39, 0.29) is 12.0 Å². The molecule has 0 aromatic heterocycles. The van der Waals surface area contributed by atoms with Gasteiger partial charge < -0.3 is 5.11 Å². The van der Waals surface area contributed by atoms with Crippen molar-refractivity contribution in [1.82, 2.24) is 5.48 Å². The molecule has 1 aromatic rings. The van der Waals surface area contributed by atoms with E-state index in [0.29, 0.717) is 6.54 Å². The molecule has 0 unspecified atom stereocenters.